The van der Waals surface area contributed by atoms with Gasteiger partial charge in [-0.3, -0.25) is 14.4 Å². The molecular formula is C18H18Cl2MnN2O4. The van der Waals surface area contributed by atoms with Crippen molar-refractivity contribution in [1.29, 1.82) is 0 Å². The standard InChI is InChI=1S/C16H14Cl2N2O2.C2H4O2.Mn/c17-13-1-3-15(21)11(7-13)9-19-5-6-20-10-12-8-14(18)2-4-16(12)22;1-2(3)4;/h1-4,7-10,19-20H,5-6H2;1H3,(H,3,4);/b11-9-,12-10-;;. The van der Waals surface area contributed by atoms with Crippen molar-refractivity contribution in [2.24, 2.45) is 0 Å². The van der Waals surface area contributed by atoms with Crippen LogP contribution < -0.4 is 10.6 Å². The van der Waals surface area contributed by atoms with E-state index in [4.69, 9.17) is 33.1 Å². The number of allylic oxidation sites excluding steroid dienone is 10. The number of halogens is 2. The van der Waals surface area contributed by atoms with Gasteiger partial charge in [-0.1, -0.05) is 23.2 Å². The number of carbonyl (C=O) groups excluding carboxylic acids is 2. The molecule has 0 aliphatic heterocycles. The first-order chi connectivity index (χ1) is 12.3. The number of carboxylic acid groups (broad SMARTS) is 1. The molecule has 0 aromatic carbocycles. The Morgan fingerprint density at radius 1 is 0.926 bits per heavy atom. The Balaban J connectivity index is 0.00000123. The van der Waals surface area contributed by atoms with Gasteiger partial charge >= 0.3 is 0 Å². The minimum absolute atomic E-state index is 0. The van der Waals surface area contributed by atoms with Gasteiger partial charge in [0.25, 0.3) is 5.97 Å². The normalized spacial score (nSPS) is 18.2. The molecule has 0 fully saturated rings. The number of carboxylic acids is 1. The molecule has 0 unspecified atom stereocenters. The Morgan fingerprint density at radius 3 is 1.59 bits per heavy atom. The first-order valence-electron chi connectivity index (χ1n) is 7.55. The second kappa shape index (κ2) is 13.2. The van der Waals surface area contributed by atoms with Crippen molar-refractivity contribution in [1.82, 2.24) is 10.6 Å². The fraction of sp³-hybridized carbons (Fsp3) is 0.167. The molecule has 145 valence electrons. The zero-order valence-electron chi connectivity index (χ0n) is 14.3. The van der Waals surface area contributed by atoms with Crippen molar-refractivity contribution in [3.8, 4) is 0 Å². The van der Waals surface area contributed by atoms with E-state index in [0.717, 1.165) is 6.92 Å². The molecule has 3 N–H and O–H groups in total. The topological polar surface area (TPSA) is 95.5 Å². The summed E-state index contributed by atoms with van der Waals surface area (Å²) in [4.78, 5) is 32.1. The first-order valence-corrected chi connectivity index (χ1v) is 8.31. The van der Waals surface area contributed by atoms with Crippen LogP contribution in [0.3, 0.4) is 0 Å². The number of ketones is 2. The maximum atomic E-state index is 11.5. The summed E-state index contributed by atoms with van der Waals surface area (Å²) in [6, 6.07) is 0. The number of nitrogens with one attached hydrogen (secondary N) is 2. The minimum atomic E-state index is -0.833. The van der Waals surface area contributed by atoms with Gasteiger partial charge in [0.05, 0.1) is 0 Å². The molecule has 0 aromatic heterocycles. The minimum Gasteiger partial charge on any atom is -0.481 e. The number of hydrogen-bond donors (Lipinski definition) is 3. The van der Waals surface area contributed by atoms with Crippen LogP contribution in [0.5, 0.6) is 0 Å². The quantitative estimate of drug-likeness (QED) is 0.337. The fourth-order valence-corrected chi connectivity index (χ4v) is 2.13. The number of carbonyl (C=O) groups is 3. The Labute approximate surface area is 177 Å². The van der Waals surface area contributed by atoms with Gasteiger partial charge in [-0.15, -0.1) is 0 Å². The largest absolute Gasteiger partial charge is 0.481 e. The summed E-state index contributed by atoms with van der Waals surface area (Å²) in [5.41, 5.74) is 1.02. The van der Waals surface area contributed by atoms with Crippen LogP contribution in [-0.2, 0) is 31.5 Å². The third-order valence-corrected chi connectivity index (χ3v) is 3.34. The summed E-state index contributed by atoms with van der Waals surface area (Å²) in [6.45, 7) is 2.24. The predicted molar refractivity (Wildman–Crippen MR) is 102 cm³/mol. The Bertz CT molecular complexity index is 703. The summed E-state index contributed by atoms with van der Waals surface area (Å²) < 4.78 is 0. The SMILES string of the molecule is CC(=O)O.O=C1C=CC(Cl)=C/C1=C/NCCN/C=C1/C=C(Cl)C=CC1=O.[Mn]. The van der Waals surface area contributed by atoms with Crippen molar-refractivity contribution in [3.05, 3.63) is 70.1 Å². The smallest absolute Gasteiger partial charge is 0.300 e. The van der Waals surface area contributed by atoms with Crippen LogP contribution in [0.15, 0.2) is 70.1 Å². The maximum absolute atomic E-state index is 11.5. The van der Waals surface area contributed by atoms with Gasteiger partial charge in [-0.05, 0) is 36.5 Å². The molecule has 0 atom stereocenters. The van der Waals surface area contributed by atoms with Crippen molar-refractivity contribution in [3.63, 3.8) is 0 Å². The van der Waals surface area contributed by atoms with Gasteiger partial charge in [0.2, 0.25) is 0 Å². The van der Waals surface area contributed by atoms with Crippen LogP contribution in [0.25, 0.3) is 0 Å². The second-order valence-electron chi connectivity index (χ2n) is 5.08. The average molecular weight is 452 g/mol. The molecule has 0 saturated heterocycles. The summed E-state index contributed by atoms with van der Waals surface area (Å²) in [5, 5.41) is 14.5. The molecule has 2 rings (SSSR count). The Kier molecular flexibility index (Phi) is 12.2. The van der Waals surface area contributed by atoms with E-state index in [1.54, 1.807) is 36.7 Å². The molecule has 2 aliphatic carbocycles. The summed E-state index contributed by atoms with van der Waals surface area (Å²) >= 11 is 11.7. The van der Waals surface area contributed by atoms with Crippen LogP contribution in [-0.4, -0.2) is 35.7 Å². The van der Waals surface area contributed by atoms with Crippen molar-refractivity contribution in [2.75, 3.05) is 13.1 Å². The van der Waals surface area contributed by atoms with Crippen molar-refractivity contribution >= 4 is 40.7 Å². The van der Waals surface area contributed by atoms with E-state index in [2.05, 4.69) is 10.6 Å². The summed E-state index contributed by atoms with van der Waals surface area (Å²) in [7, 11) is 0. The van der Waals surface area contributed by atoms with Crippen LogP contribution in [0.2, 0.25) is 0 Å². The van der Waals surface area contributed by atoms with Gasteiger partial charge in [0, 0.05) is 70.7 Å². The molecular weight excluding hydrogens is 434 g/mol. The molecule has 6 nitrogen and oxygen atoms in total. The van der Waals surface area contributed by atoms with Crippen LogP contribution in [0.4, 0.5) is 0 Å². The monoisotopic (exact) mass is 451 g/mol. The van der Waals surface area contributed by atoms with E-state index in [0.29, 0.717) is 34.3 Å². The number of aliphatic carboxylic acids is 1. The third-order valence-electron chi connectivity index (χ3n) is 2.87. The third kappa shape index (κ3) is 10.6. The van der Waals surface area contributed by atoms with Gasteiger partial charge in [0.15, 0.2) is 11.6 Å². The van der Waals surface area contributed by atoms with Crippen molar-refractivity contribution < 1.29 is 36.6 Å². The van der Waals surface area contributed by atoms with Gasteiger partial charge in [0.1, 0.15) is 0 Å². The fourth-order valence-electron chi connectivity index (χ4n) is 1.77. The zero-order valence-corrected chi connectivity index (χ0v) is 17.0. The van der Waals surface area contributed by atoms with Crippen LogP contribution in [0, 0.1) is 0 Å². The molecule has 9 heteroatoms. The molecule has 0 spiro atoms. The Morgan fingerprint density at radius 2 is 1.26 bits per heavy atom. The van der Waals surface area contributed by atoms with Crippen LogP contribution >= 0.6 is 23.2 Å². The number of hydrogen-bond acceptors (Lipinski definition) is 5. The van der Waals surface area contributed by atoms with E-state index in [9.17, 15) is 9.59 Å². The number of rotatable bonds is 5. The van der Waals surface area contributed by atoms with E-state index >= 15 is 0 Å². The molecule has 0 amide bonds. The molecule has 0 saturated carbocycles. The predicted octanol–water partition coefficient (Wildman–Crippen LogP) is 2.55. The summed E-state index contributed by atoms with van der Waals surface area (Å²) in [6.07, 6.45) is 12.4. The van der Waals surface area contributed by atoms with Gasteiger partial charge in [-0.25, -0.2) is 0 Å². The average Bonchev–Trinajstić information content (AvgIpc) is 2.56. The molecule has 1 radical (unpaired) electrons. The molecule has 2 aliphatic rings. The van der Waals surface area contributed by atoms with Gasteiger partial charge in [-0.2, -0.15) is 0 Å². The van der Waals surface area contributed by atoms with Crippen LogP contribution in [0.1, 0.15) is 6.92 Å². The van der Waals surface area contributed by atoms with E-state index < -0.39 is 5.97 Å². The molecule has 27 heavy (non-hydrogen) atoms. The zero-order chi connectivity index (χ0) is 19.5. The van der Waals surface area contributed by atoms with E-state index in [1.165, 1.54) is 12.2 Å². The Hall–Kier alpha value is -2.05. The van der Waals surface area contributed by atoms with Gasteiger partial charge < -0.3 is 15.7 Å². The molecule has 0 heterocycles. The van der Waals surface area contributed by atoms with E-state index in [-0.39, 0.29) is 28.6 Å². The van der Waals surface area contributed by atoms with E-state index in [1.807, 2.05) is 0 Å². The summed E-state index contributed by atoms with van der Waals surface area (Å²) in [5.74, 6) is -1.02. The van der Waals surface area contributed by atoms with Crippen molar-refractivity contribution in [2.45, 2.75) is 6.92 Å². The second-order valence-corrected chi connectivity index (χ2v) is 5.95. The molecule has 0 bridgehead atoms. The maximum Gasteiger partial charge on any atom is 0.300 e. The first kappa shape index (κ1) is 24.9. The molecule has 0 aromatic rings.